The molecule has 1 aliphatic rings. The molecule has 0 fully saturated rings. The molecule has 2 heterocycles. The fourth-order valence-electron chi connectivity index (χ4n) is 3.30. The van der Waals surface area contributed by atoms with Gasteiger partial charge in [0.25, 0.3) is 5.56 Å². The molecule has 2 aromatic rings. The van der Waals surface area contributed by atoms with Crippen LogP contribution in [0.1, 0.15) is 52.7 Å². The van der Waals surface area contributed by atoms with Crippen molar-refractivity contribution in [3.05, 3.63) is 75.3 Å². The Morgan fingerprint density at radius 3 is 2.81 bits per heavy atom. The highest BCUT2D eigenvalue weighted by Gasteiger charge is 2.13. The standard InChI is InChI=1S/C25H30N4O2/c1-6-17(3)22(31-5)15-26-14-18(4)21-13-19-11-12-27-25(30)23(19)24(29-21)28-20-9-7-16(2)8-10-20/h7,9,11-15H,6,8,10H2,1-5H3,(H,27,30)(H,28,29)/b18-14+,22-17?,26-15?. The van der Waals surface area contributed by atoms with Gasteiger partial charge in [-0.2, -0.15) is 0 Å². The van der Waals surface area contributed by atoms with E-state index in [0.29, 0.717) is 11.2 Å². The number of pyridine rings is 2. The SMILES string of the molecule is CCC(C)=C(C=N/C=C(\C)c1cc2cc[nH]c(=O)c2c(NC2=CC=C(C)CC2)n1)OC. The van der Waals surface area contributed by atoms with Crippen LogP contribution in [-0.4, -0.2) is 23.3 Å². The lowest BCUT2D eigenvalue weighted by atomic mass is 10.0. The highest BCUT2D eigenvalue weighted by molar-refractivity contribution is 5.93. The van der Waals surface area contributed by atoms with Crippen molar-refractivity contribution < 1.29 is 4.74 Å². The number of nitrogens with one attached hydrogen (secondary N) is 2. The van der Waals surface area contributed by atoms with Gasteiger partial charge in [0.05, 0.1) is 24.4 Å². The van der Waals surface area contributed by atoms with Gasteiger partial charge in [-0.3, -0.25) is 9.79 Å². The molecule has 0 spiro atoms. The van der Waals surface area contributed by atoms with Crippen LogP contribution in [0.15, 0.2) is 69.1 Å². The van der Waals surface area contributed by atoms with E-state index in [4.69, 9.17) is 9.72 Å². The highest BCUT2D eigenvalue weighted by atomic mass is 16.5. The zero-order valence-corrected chi connectivity index (χ0v) is 18.9. The number of aromatic nitrogens is 2. The van der Waals surface area contributed by atoms with Gasteiger partial charge in [0.15, 0.2) is 0 Å². The number of nitrogens with zero attached hydrogens (tertiary/aromatic N) is 2. The molecule has 2 aromatic heterocycles. The van der Waals surface area contributed by atoms with Crippen LogP contribution in [0.2, 0.25) is 0 Å². The summed E-state index contributed by atoms with van der Waals surface area (Å²) >= 11 is 0. The van der Waals surface area contributed by atoms with Crippen molar-refractivity contribution in [1.82, 2.24) is 9.97 Å². The van der Waals surface area contributed by atoms with Crippen LogP contribution >= 0.6 is 0 Å². The smallest absolute Gasteiger partial charge is 0.259 e. The van der Waals surface area contributed by atoms with Crippen molar-refractivity contribution in [2.75, 3.05) is 12.4 Å². The largest absolute Gasteiger partial charge is 0.495 e. The molecule has 0 aliphatic heterocycles. The fourth-order valence-corrected chi connectivity index (χ4v) is 3.30. The molecule has 0 saturated carbocycles. The summed E-state index contributed by atoms with van der Waals surface area (Å²) in [6, 6.07) is 3.81. The van der Waals surface area contributed by atoms with Gasteiger partial charge < -0.3 is 15.0 Å². The number of hydrogen-bond donors (Lipinski definition) is 2. The second kappa shape index (κ2) is 10.1. The van der Waals surface area contributed by atoms with E-state index in [0.717, 1.165) is 52.9 Å². The Balaban J connectivity index is 2.01. The number of anilines is 1. The van der Waals surface area contributed by atoms with Crippen LogP contribution in [0.4, 0.5) is 5.82 Å². The van der Waals surface area contributed by atoms with Gasteiger partial charge in [0, 0.05) is 18.1 Å². The Hall–Kier alpha value is -3.41. The first-order valence-corrected chi connectivity index (χ1v) is 10.5. The molecular weight excluding hydrogens is 388 g/mol. The van der Waals surface area contributed by atoms with Crippen LogP contribution in [0.3, 0.4) is 0 Å². The number of fused-ring (bicyclic) bond motifs is 1. The summed E-state index contributed by atoms with van der Waals surface area (Å²) in [7, 11) is 1.65. The number of rotatable bonds is 7. The molecule has 6 heteroatoms. The molecule has 0 amide bonds. The minimum Gasteiger partial charge on any atom is -0.495 e. The molecule has 0 aromatic carbocycles. The second-order valence-electron chi connectivity index (χ2n) is 7.75. The molecule has 6 nitrogen and oxygen atoms in total. The van der Waals surface area contributed by atoms with Crippen molar-refractivity contribution in [3.8, 4) is 0 Å². The highest BCUT2D eigenvalue weighted by Crippen LogP contribution is 2.26. The van der Waals surface area contributed by atoms with E-state index in [2.05, 4.69) is 41.3 Å². The van der Waals surface area contributed by atoms with E-state index in [9.17, 15) is 4.79 Å². The summed E-state index contributed by atoms with van der Waals surface area (Å²) in [6.45, 7) is 8.18. The summed E-state index contributed by atoms with van der Waals surface area (Å²) in [5.74, 6) is 1.32. The first kappa shape index (κ1) is 22.3. The second-order valence-corrected chi connectivity index (χ2v) is 7.75. The predicted molar refractivity (Wildman–Crippen MR) is 129 cm³/mol. The van der Waals surface area contributed by atoms with Crippen LogP contribution in [0.25, 0.3) is 16.3 Å². The molecule has 31 heavy (non-hydrogen) atoms. The predicted octanol–water partition coefficient (Wildman–Crippen LogP) is 5.72. The maximum absolute atomic E-state index is 12.5. The van der Waals surface area contributed by atoms with Crippen molar-refractivity contribution in [2.24, 2.45) is 4.99 Å². The van der Waals surface area contributed by atoms with Gasteiger partial charge in [0.2, 0.25) is 0 Å². The lowest BCUT2D eigenvalue weighted by molar-refractivity contribution is 0.312. The first-order chi connectivity index (χ1) is 14.9. The minimum absolute atomic E-state index is 0.160. The topological polar surface area (TPSA) is 79.4 Å². The number of aliphatic imine (C=N–C) groups is 1. The Kier molecular flexibility index (Phi) is 7.23. The molecule has 3 rings (SSSR count). The summed E-state index contributed by atoms with van der Waals surface area (Å²) in [4.78, 5) is 24.5. The van der Waals surface area contributed by atoms with Gasteiger partial charge >= 0.3 is 0 Å². The average molecular weight is 419 g/mol. The van der Waals surface area contributed by atoms with Crippen molar-refractivity contribution in [3.63, 3.8) is 0 Å². The number of H-pyrrole nitrogens is 1. The number of methoxy groups -OCH3 is 1. The normalized spacial score (nSPS) is 15.6. The van der Waals surface area contributed by atoms with Crippen LogP contribution in [0.5, 0.6) is 0 Å². The average Bonchev–Trinajstić information content (AvgIpc) is 2.77. The Morgan fingerprint density at radius 2 is 2.13 bits per heavy atom. The van der Waals surface area contributed by atoms with E-state index in [1.54, 1.807) is 25.7 Å². The zero-order valence-electron chi connectivity index (χ0n) is 18.9. The first-order valence-electron chi connectivity index (χ1n) is 10.5. The van der Waals surface area contributed by atoms with Gasteiger partial charge in [-0.05, 0) is 74.8 Å². The minimum atomic E-state index is -0.160. The lowest BCUT2D eigenvalue weighted by Gasteiger charge is -2.16. The van der Waals surface area contributed by atoms with Gasteiger partial charge in [-0.15, -0.1) is 0 Å². The van der Waals surface area contributed by atoms with Crippen molar-refractivity contribution in [1.29, 1.82) is 0 Å². The molecule has 0 unspecified atom stereocenters. The van der Waals surface area contributed by atoms with Crippen molar-refractivity contribution >= 4 is 28.4 Å². The number of allylic oxidation sites excluding steroid dienone is 7. The maximum atomic E-state index is 12.5. The molecule has 0 saturated heterocycles. The summed E-state index contributed by atoms with van der Waals surface area (Å²) in [5, 5.41) is 4.76. The third kappa shape index (κ3) is 5.40. The Labute approximate surface area is 183 Å². The fraction of sp³-hybridized carbons (Fsp3) is 0.320. The van der Waals surface area contributed by atoms with Crippen LogP contribution in [0, 0.1) is 0 Å². The van der Waals surface area contributed by atoms with Gasteiger partial charge in [0.1, 0.15) is 11.6 Å². The molecule has 0 radical (unpaired) electrons. The maximum Gasteiger partial charge on any atom is 0.259 e. The summed E-state index contributed by atoms with van der Waals surface area (Å²) in [5.41, 5.74) is 5.01. The van der Waals surface area contributed by atoms with E-state index in [-0.39, 0.29) is 5.56 Å². The van der Waals surface area contributed by atoms with E-state index in [1.165, 1.54) is 5.57 Å². The number of hydrogen-bond acceptors (Lipinski definition) is 5. The lowest BCUT2D eigenvalue weighted by Crippen LogP contribution is -2.12. The number of aromatic amines is 1. The van der Waals surface area contributed by atoms with E-state index >= 15 is 0 Å². The monoisotopic (exact) mass is 418 g/mol. The quantitative estimate of drug-likeness (QED) is 0.445. The molecule has 2 N–H and O–H groups in total. The molecule has 1 aliphatic carbocycles. The molecule has 0 bridgehead atoms. The van der Waals surface area contributed by atoms with Gasteiger partial charge in [-0.1, -0.05) is 18.6 Å². The van der Waals surface area contributed by atoms with E-state index < -0.39 is 0 Å². The third-order valence-corrected chi connectivity index (χ3v) is 5.43. The summed E-state index contributed by atoms with van der Waals surface area (Å²) < 4.78 is 5.40. The number of ether oxygens (including phenoxy) is 1. The van der Waals surface area contributed by atoms with Crippen molar-refractivity contribution in [2.45, 2.75) is 47.0 Å². The molecule has 162 valence electrons. The summed E-state index contributed by atoms with van der Waals surface area (Å²) in [6.07, 6.45) is 12.1. The Bertz CT molecular complexity index is 1180. The molecular formula is C25H30N4O2. The van der Waals surface area contributed by atoms with Crippen LogP contribution in [-0.2, 0) is 4.74 Å². The molecule has 0 atom stereocenters. The third-order valence-electron chi connectivity index (χ3n) is 5.43. The Morgan fingerprint density at radius 1 is 1.32 bits per heavy atom. The van der Waals surface area contributed by atoms with Crippen LogP contribution < -0.4 is 10.9 Å². The van der Waals surface area contributed by atoms with E-state index in [1.807, 2.05) is 26.0 Å². The zero-order chi connectivity index (χ0) is 22.4. The van der Waals surface area contributed by atoms with Gasteiger partial charge in [-0.25, -0.2) is 4.98 Å².